The summed E-state index contributed by atoms with van der Waals surface area (Å²) in [6.07, 6.45) is 1.23. The number of benzene rings is 1. The van der Waals surface area contributed by atoms with E-state index in [1.165, 1.54) is 29.1 Å². The van der Waals surface area contributed by atoms with Crippen molar-refractivity contribution in [3.05, 3.63) is 29.3 Å². The molecule has 0 radical (unpaired) electrons. The lowest BCUT2D eigenvalue weighted by molar-refractivity contribution is 0.411. The van der Waals surface area contributed by atoms with Crippen LogP contribution in [-0.2, 0) is 6.54 Å². The zero-order valence-electron chi connectivity index (χ0n) is 12.0. The van der Waals surface area contributed by atoms with Gasteiger partial charge in [0.25, 0.3) is 0 Å². The molecule has 0 spiro atoms. The molecule has 0 aromatic heterocycles. The molecule has 1 rings (SSSR count). The number of hydrogen-bond acceptors (Lipinski definition) is 3. The van der Waals surface area contributed by atoms with E-state index >= 15 is 0 Å². The third-order valence-corrected chi connectivity index (χ3v) is 3.95. The molecule has 0 aliphatic rings. The Morgan fingerprint density at radius 2 is 2.17 bits per heavy atom. The molecule has 0 heterocycles. The quantitative estimate of drug-likeness (QED) is 0.727. The SMILES string of the molecule is CCSCCC(C)NCc1ccc(OC)c(C)c1. The molecule has 102 valence electrons. The minimum atomic E-state index is 0.575. The van der Waals surface area contributed by atoms with E-state index in [4.69, 9.17) is 4.74 Å². The maximum atomic E-state index is 5.27. The molecule has 0 aliphatic heterocycles. The first-order valence-electron chi connectivity index (χ1n) is 6.62. The summed E-state index contributed by atoms with van der Waals surface area (Å²) in [7, 11) is 1.72. The molecule has 0 fully saturated rings. The van der Waals surface area contributed by atoms with Gasteiger partial charge in [-0.3, -0.25) is 0 Å². The van der Waals surface area contributed by atoms with Crippen molar-refractivity contribution in [3.63, 3.8) is 0 Å². The maximum absolute atomic E-state index is 5.27. The lowest BCUT2D eigenvalue weighted by Crippen LogP contribution is -2.26. The molecular weight excluding hydrogens is 242 g/mol. The van der Waals surface area contributed by atoms with Crippen LogP contribution in [0.4, 0.5) is 0 Å². The fourth-order valence-electron chi connectivity index (χ4n) is 1.85. The Labute approximate surface area is 116 Å². The highest BCUT2D eigenvalue weighted by Gasteiger charge is 2.03. The van der Waals surface area contributed by atoms with E-state index in [1.54, 1.807) is 7.11 Å². The number of thioether (sulfide) groups is 1. The van der Waals surface area contributed by atoms with E-state index < -0.39 is 0 Å². The summed E-state index contributed by atoms with van der Waals surface area (Å²) in [5.41, 5.74) is 2.52. The third-order valence-electron chi connectivity index (χ3n) is 3.01. The molecule has 18 heavy (non-hydrogen) atoms. The Morgan fingerprint density at radius 3 is 2.78 bits per heavy atom. The Morgan fingerprint density at radius 1 is 1.39 bits per heavy atom. The zero-order valence-corrected chi connectivity index (χ0v) is 12.8. The second-order valence-electron chi connectivity index (χ2n) is 4.57. The molecule has 3 heteroatoms. The molecule has 0 saturated heterocycles. The maximum Gasteiger partial charge on any atom is 0.121 e. The fourth-order valence-corrected chi connectivity index (χ4v) is 2.66. The van der Waals surface area contributed by atoms with Crippen molar-refractivity contribution in [2.75, 3.05) is 18.6 Å². The van der Waals surface area contributed by atoms with Gasteiger partial charge in [-0.1, -0.05) is 19.1 Å². The zero-order chi connectivity index (χ0) is 13.4. The van der Waals surface area contributed by atoms with Crippen LogP contribution in [0.25, 0.3) is 0 Å². The predicted molar refractivity (Wildman–Crippen MR) is 81.6 cm³/mol. The Bertz CT molecular complexity index is 354. The van der Waals surface area contributed by atoms with Gasteiger partial charge in [0.1, 0.15) is 5.75 Å². The van der Waals surface area contributed by atoms with Gasteiger partial charge < -0.3 is 10.1 Å². The van der Waals surface area contributed by atoms with Crippen molar-refractivity contribution in [1.82, 2.24) is 5.32 Å². The summed E-state index contributed by atoms with van der Waals surface area (Å²) >= 11 is 2.01. The van der Waals surface area contributed by atoms with Crippen LogP contribution in [0, 0.1) is 6.92 Å². The Balaban J connectivity index is 2.36. The third kappa shape index (κ3) is 5.32. The van der Waals surface area contributed by atoms with Crippen molar-refractivity contribution in [3.8, 4) is 5.75 Å². The first-order valence-corrected chi connectivity index (χ1v) is 7.77. The summed E-state index contributed by atoms with van der Waals surface area (Å²) in [6.45, 7) is 7.49. The number of ether oxygens (including phenoxy) is 1. The van der Waals surface area contributed by atoms with Crippen molar-refractivity contribution in [1.29, 1.82) is 0 Å². The van der Waals surface area contributed by atoms with Crippen molar-refractivity contribution >= 4 is 11.8 Å². The monoisotopic (exact) mass is 267 g/mol. The fraction of sp³-hybridized carbons (Fsp3) is 0.600. The molecule has 2 nitrogen and oxygen atoms in total. The first-order chi connectivity index (χ1) is 8.67. The van der Waals surface area contributed by atoms with Crippen LogP contribution in [0.5, 0.6) is 5.75 Å². The molecular formula is C15H25NOS. The van der Waals surface area contributed by atoms with Gasteiger partial charge in [-0.15, -0.1) is 0 Å². The second kappa shape index (κ2) is 8.44. The number of rotatable bonds is 8. The van der Waals surface area contributed by atoms with Gasteiger partial charge in [0, 0.05) is 12.6 Å². The predicted octanol–water partition coefficient (Wildman–Crippen LogP) is 3.62. The van der Waals surface area contributed by atoms with Crippen molar-refractivity contribution < 1.29 is 4.74 Å². The van der Waals surface area contributed by atoms with Crippen LogP contribution in [0.1, 0.15) is 31.4 Å². The van der Waals surface area contributed by atoms with Crippen LogP contribution >= 0.6 is 11.8 Å². The second-order valence-corrected chi connectivity index (χ2v) is 5.97. The largest absolute Gasteiger partial charge is 0.496 e. The molecule has 0 saturated carbocycles. The summed E-state index contributed by atoms with van der Waals surface area (Å²) in [5, 5.41) is 3.57. The van der Waals surface area contributed by atoms with E-state index in [2.05, 4.69) is 38.2 Å². The van der Waals surface area contributed by atoms with Crippen LogP contribution in [0.15, 0.2) is 18.2 Å². The molecule has 0 aliphatic carbocycles. The Hall–Kier alpha value is -0.670. The molecule has 1 N–H and O–H groups in total. The lowest BCUT2D eigenvalue weighted by atomic mass is 10.1. The van der Waals surface area contributed by atoms with Crippen LogP contribution < -0.4 is 10.1 Å². The first kappa shape index (κ1) is 15.4. The highest BCUT2D eigenvalue weighted by atomic mass is 32.2. The summed E-state index contributed by atoms with van der Waals surface area (Å²) in [5.74, 6) is 3.42. The minimum absolute atomic E-state index is 0.575. The number of nitrogens with one attached hydrogen (secondary N) is 1. The summed E-state index contributed by atoms with van der Waals surface area (Å²) in [4.78, 5) is 0. The average Bonchev–Trinajstić information content (AvgIpc) is 2.37. The van der Waals surface area contributed by atoms with Gasteiger partial charge in [0.2, 0.25) is 0 Å². The van der Waals surface area contributed by atoms with E-state index in [1.807, 2.05) is 17.8 Å². The van der Waals surface area contributed by atoms with Crippen LogP contribution in [-0.4, -0.2) is 24.7 Å². The molecule has 1 atom stereocenters. The number of aryl methyl sites for hydroxylation is 1. The molecule has 1 aromatic rings. The van der Waals surface area contributed by atoms with Crippen molar-refractivity contribution in [2.24, 2.45) is 0 Å². The molecule has 1 aromatic carbocycles. The smallest absolute Gasteiger partial charge is 0.121 e. The van der Waals surface area contributed by atoms with Gasteiger partial charge in [0.05, 0.1) is 7.11 Å². The molecule has 0 bridgehead atoms. The van der Waals surface area contributed by atoms with Crippen LogP contribution in [0.3, 0.4) is 0 Å². The number of hydrogen-bond donors (Lipinski definition) is 1. The highest BCUT2D eigenvalue weighted by molar-refractivity contribution is 7.99. The lowest BCUT2D eigenvalue weighted by Gasteiger charge is -2.14. The van der Waals surface area contributed by atoms with E-state index in [-0.39, 0.29) is 0 Å². The summed E-state index contributed by atoms with van der Waals surface area (Å²) < 4.78 is 5.27. The normalized spacial score (nSPS) is 12.4. The van der Waals surface area contributed by atoms with Crippen LogP contribution in [0.2, 0.25) is 0 Å². The van der Waals surface area contributed by atoms with E-state index in [0.29, 0.717) is 6.04 Å². The molecule has 0 amide bonds. The van der Waals surface area contributed by atoms with E-state index in [0.717, 1.165) is 12.3 Å². The topological polar surface area (TPSA) is 21.3 Å². The van der Waals surface area contributed by atoms with Gasteiger partial charge in [-0.2, -0.15) is 11.8 Å². The minimum Gasteiger partial charge on any atom is -0.496 e. The Kier molecular flexibility index (Phi) is 7.21. The van der Waals surface area contributed by atoms with Gasteiger partial charge in [-0.25, -0.2) is 0 Å². The highest BCUT2D eigenvalue weighted by Crippen LogP contribution is 2.18. The standard InChI is InChI=1S/C15H25NOS/c1-5-18-9-8-13(3)16-11-14-6-7-15(17-4)12(2)10-14/h6-7,10,13,16H,5,8-9,11H2,1-4H3. The number of methoxy groups -OCH3 is 1. The van der Waals surface area contributed by atoms with Crippen molar-refractivity contribution in [2.45, 2.75) is 39.8 Å². The molecule has 1 unspecified atom stereocenters. The summed E-state index contributed by atoms with van der Waals surface area (Å²) in [6, 6.07) is 6.95. The average molecular weight is 267 g/mol. The van der Waals surface area contributed by atoms with Gasteiger partial charge in [0.15, 0.2) is 0 Å². The van der Waals surface area contributed by atoms with Gasteiger partial charge >= 0.3 is 0 Å². The van der Waals surface area contributed by atoms with E-state index in [9.17, 15) is 0 Å². The van der Waals surface area contributed by atoms with Gasteiger partial charge in [-0.05, 0) is 49.0 Å².